The summed E-state index contributed by atoms with van der Waals surface area (Å²) in [7, 11) is 0. The first-order valence-electron chi connectivity index (χ1n) is 45.5. The number of aliphatic hydroxyl groups is 29. The average molecular weight is 2070 g/mol. The highest BCUT2D eigenvalue weighted by molar-refractivity contribution is 5.75. The fourth-order valence-electron chi connectivity index (χ4n) is 18.0. The highest BCUT2D eigenvalue weighted by atomic mass is 16.8. The van der Waals surface area contributed by atoms with Gasteiger partial charge in [0.2, 0.25) is 29.5 Å². The Hall–Kier alpha value is -5.66. The Bertz CT molecular complexity index is 4060. The van der Waals surface area contributed by atoms with E-state index >= 15 is 0 Å². The van der Waals surface area contributed by atoms with Crippen LogP contribution in [0, 0.1) is 0 Å². The first-order chi connectivity index (χ1) is 67.3. The zero-order valence-electron chi connectivity index (χ0n) is 76.9. The number of anilines is 1. The molecule has 0 aromatic carbocycles. The van der Waals surface area contributed by atoms with Crippen molar-refractivity contribution in [1.29, 1.82) is 0 Å². The zero-order valence-corrected chi connectivity index (χ0v) is 76.9. The summed E-state index contributed by atoms with van der Waals surface area (Å²) in [5.41, 5.74) is 0. The molecule has 1 aromatic heterocycles. The summed E-state index contributed by atoms with van der Waals surface area (Å²) in [6.07, 6.45) is -105. The molecule has 54 atom stereocenters. The number of nitrogens with one attached hydrogen (secondary N) is 6. The Labute approximate surface area is 806 Å². The molecule has 35 N–H and O–H groups in total. The van der Waals surface area contributed by atoms with Crippen LogP contribution in [0.1, 0.15) is 41.5 Å². The van der Waals surface area contributed by atoms with Crippen molar-refractivity contribution >= 4 is 35.4 Å². The van der Waals surface area contributed by atoms with Crippen molar-refractivity contribution < 1.29 is 267 Å². The largest absolute Gasteiger partial charge is 0.394 e. The second-order valence-corrected chi connectivity index (χ2v) is 35.7. The lowest BCUT2D eigenvalue weighted by atomic mass is 9.93. The maximum absolute atomic E-state index is 13.6. The van der Waals surface area contributed by atoms with Gasteiger partial charge in [-0.2, -0.15) is 0 Å². The second kappa shape index (κ2) is 52.2. The maximum Gasteiger partial charge on any atom is 0.217 e. The van der Waals surface area contributed by atoms with E-state index in [1.165, 1.54) is 19.2 Å². The number of hydrogen-bond donors (Lipinski definition) is 35. The number of carbonyl (C=O) groups is 5. The van der Waals surface area contributed by atoms with Gasteiger partial charge in [-0.15, -0.1) is 0 Å². The quantitative estimate of drug-likeness (QED) is 0.0289. The van der Waals surface area contributed by atoms with Gasteiger partial charge in [0.15, 0.2) is 62.9 Å². The van der Waals surface area contributed by atoms with Crippen LogP contribution in [0.5, 0.6) is 0 Å². The van der Waals surface area contributed by atoms with Crippen LogP contribution < -0.4 is 31.9 Å². The Kier molecular flexibility index (Phi) is 42.9. The number of pyridine rings is 1. The summed E-state index contributed by atoms with van der Waals surface area (Å²) in [4.78, 5) is 70.0. The number of carbonyl (C=O) groups excluding carboxylic acids is 5. The van der Waals surface area contributed by atoms with Gasteiger partial charge in [-0.3, -0.25) is 24.0 Å². The van der Waals surface area contributed by atoms with Gasteiger partial charge >= 0.3 is 0 Å². The molecule has 11 rings (SSSR count). The molecular formula is C81H133N7O54. The van der Waals surface area contributed by atoms with Crippen molar-refractivity contribution in [3.8, 4) is 0 Å². The van der Waals surface area contributed by atoms with E-state index in [9.17, 15) is 172 Å². The molecule has 0 aliphatic carbocycles. The molecule has 0 saturated carbocycles. The van der Waals surface area contributed by atoms with Crippen LogP contribution in [0.4, 0.5) is 5.82 Å². The van der Waals surface area contributed by atoms with Crippen LogP contribution in [0.3, 0.4) is 0 Å². The standard InChI is InChI=1S/C81H133N7O54/c1-22-44(103)55(114)59(118)76(125-22)123-20-29(102)64(45(104)28(84-23(2)97)11-83-39-9-7-8-10-82-39)135-73-41(86-25(4)99)52(111)67(36(18-95)130-73)139-79-63(122)69(50(109)38(134-79)21-124-80-70(58(117)49(108)33(15-92)129-80)141-74-42(87-26(5)100)53(112)65(34(16-93)131-74)137-77-60(119)56(115)47(106)31(13-90)127-77)140-81-71(62(121)68(37(19-96)133-81)136-72-40(85-24(3)98)51(110)46(105)30(12-89)126-72)142-75-43(88-27(6)101)54(113)66(35(17-94)132-75)138-78-61(120)57(116)48(107)32(14-91)128-78/h7-10,22,28-38,40-81,89-96,102-122H,11-21H2,1-6H3,(H,82,83)(H,84,97)(H,85,98)(H,86,99)(H,87,100)(H,88,101)/t22-,28-,29+,30+,31+,32+,33+,34+,35+,36+,37+,38+,40+,41+,42+,43+,44+,45+,46+,47-,48-,49+,50+,51+,52+,53+,54+,55+,56-,57-,58-,59-,60+,61+,62-,63-,64+,65+,66+,67+,68+,69-,70-,71-,72-,73-,74-,75-,76+,77-,78-,79-,80-,81+/m0/s1. The average Bonchev–Trinajstić information content (AvgIpc) is 0.764. The van der Waals surface area contributed by atoms with E-state index in [0.717, 1.165) is 34.6 Å². The van der Waals surface area contributed by atoms with Crippen LogP contribution in [0.2, 0.25) is 0 Å². The summed E-state index contributed by atoms with van der Waals surface area (Å²) in [5.74, 6) is -4.66. The van der Waals surface area contributed by atoms with Gasteiger partial charge in [-0.1, -0.05) is 6.07 Å². The summed E-state index contributed by atoms with van der Waals surface area (Å²) in [6, 6.07) is -5.09. The summed E-state index contributed by atoms with van der Waals surface area (Å²) < 4.78 is 121. The van der Waals surface area contributed by atoms with Crippen LogP contribution in [-0.2, 0) is 119 Å². The molecule has 11 heterocycles. The van der Waals surface area contributed by atoms with Crippen molar-refractivity contribution in [3.63, 3.8) is 0 Å². The summed E-state index contributed by atoms with van der Waals surface area (Å²) in [5, 5.41) is 345. The number of rotatable bonds is 41. The lowest BCUT2D eigenvalue weighted by Gasteiger charge is -2.52. The van der Waals surface area contributed by atoms with Gasteiger partial charge in [0.25, 0.3) is 0 Å². The Morgan fingerprint density at radius 1 is 0.324 bits per heavy atom. The molecule has 816 valence electrons. The Balaban J connectivity index is 0.986. The molecule has 0 bridgehead atoms. The second-order valence-electron chi connectivity index (χ2n) is 35.7. The van der Waals surface area contributed by atoms with Crippen molar-refractivity contribution in [3.05, 3.63) is 24.4 Å². The van der Waals surface area contributed by atoms with E-state index in [2.05, 4.69) is 36.9 Å². The maximum atomic E-state index is 13.6. The van der Waals surface area contributed by atoms with Crippen LogP contribution >= 0.6 is 0 Å². The number of aliphatic hydroxyl groups excluding tert-OH is 29. The normalized spacial score (nSPS) is 45.2. The topological polar surface area (TPSA) is 942 Å². The van der Waals surface area contributed by atoms with E-state index in [1.807, 2.05) is 0 Å². The first-order valence-corrected chi connectivity index (χ1v) is 45.5. The summed E-state index contributed by atoms with van der Waals surface area (Å²) >= 11 is 0. The van der Waals surface area contributed by atoms with E-state index in [4.69, 9.17) is 94.7 Å². The predicted octanol–water partition coefficient (Wildman–Crippen LogP) is -22.1. The molecule has 61 nitrogen and oxygen atoms in total. The van der Waals surface area contributed by atoms with Gasteiger partial charge in [0, 0.05) is 47.4 Å². The molecule has 10 aliphatic rings. The molecule has 0 unspecified atom stereocenters. The van der Waals surface area contributed by atoms with Crippen molar-refractivity contribution in [1.82, 2.24) is 31.6 Å². The number of amides is 5. The predicted molar refractivity (Wildman–Crippen MR) is 447 cm³/mol. The molecule has 61 heteroatoms. The molecule has 1 aromatic rings. The molecular weight excluding hydrogens is 1930 g/mol. The van der Waals surface area contributed by atoms with Crippen LogP contribution in [-0.4, -0.2) is 586 Å². The van der Waals surface area contributed by atoms with Gasteiger partial charge in [-0.25, -0.2) is 4.98 Å². The molecule has 5 amide bonds. The van der Waals surface area contributed by atoms with E-state index in [0.29, 0.717) is 0 Å². The Morgan fingerprint density at radius 3 is 1.11 bits per heavy atom. The van der Waals surface area contributed by atoms with E-state index < -0.39 is 433 Å². The highest BCUT2D eigenvalue weighted by Crippen LogP contribution is 2.42. The third-order valence-corrected chi connectivity index (χ3v) is 25.6. The summed E-state index contributed by atoms with van der Waals surface area (Å²) in [6.45, 7) is -6.32. The SMILES string of the molecule is CC(=O)N[C@H]1[C@H](O[C@@H]([C@H](O)[C@H](CNc2ccccn2)NC(C)=O)[C@H](O)CO[C@@H]2O[C@@H](C)[C@@H](O)[C@@H](O)[C@@H]2O)O[C@H](CO)[C@@H](O[C@@H]2O[C@H](CO[C@H]3O[C@H](CO)[C@@H](O)[C@H](O)[C@@H]3O[C@@H]3O[C@H](CO)[C@@H](O[C@@H]4O[C@H](CO)[C@H](O)[C@H](O)[C@H]4O)[C@H](O)[C@H]3NC(C)=O)[C@@H](O)[C@H](O[C@H]3O[C@H](CO)[C@@H](O[C@@H]4O[C@H](CO)[C@@H](O)[C@H](O)[C@H]4NC(C)=O)[C@H](O)[C@@H]3O[C@@H]3O[C@H](CO)[C@@H](O[C@@H]4O[C@H](CO)[C@H](O)[C@H](O)[C@H]4O)[C@H](O)[C@H]3NC(C)=O)[C@@H]2O)[C@@H]1O. The van der Waals surface area contributed by atoms with Gasteiger partial charge in [0.1, 0.15) is 262 Å². The zero-order chi connectivity index (χ0) is 104. The van der Waals surface area contributed by atoms with Crippen molar-refractivity contribution in [2.24, 2.45) is 0 Å². The lowest BCUT2D eigenvalue weighted by molar-refractivity contribution is -0.405. The highest BCUT2D eigenvalue weighted by Gasteiger charge is 2.63. The van der Waals surface area contributed by atoms with Crippen molar-refractivity contribution in [2.45, 2.75) is 373 Å². The third kappa shape index (κ3) is 27.0. The molecule has 10 aliphatic heterocycles. The molecule has 142 heavy (non-hydrogen) atoms. The number of nitrogens with zero attached hydrogens (tertiary/aromatic N) is 1. The van der Waals surface area contributed by atoms with Crippen LogP contribution in [0.15, 0.2) is 24.4 Å². The Morgan fingerprint density at radius 2 is 0.669 bits per heavy atom. The number of ether oxygens (including phenoxy) is 20. The fourth-order valence-corrected chi connectivity index (χ4v) is 18.0. The molecule has 0 radical (unpaired) electrons. The van der Waals surface area contributed by atoms with E-state index in [-0.39, 0.29) is 5.82 Å². The third-order valence-electron chi connectivity index (χ3n) is 25.6. The lowest BCUT2D eigenvalue weighted by Crippen LogP contribution is -2.71. The van der Waals surface area contributed by atoms with Gasteiger partial charge < -0.3 is 275 Å². The van der Waals surface area contributed by atoms with Crippen LogP contribution in [0.25, 0.3) is 0 Å². The van der Waals surface area contributed by atoms with Gasteiger partial charge in [-0.05, 0) is 19.1 Å². The molecule has 10 saturated heterocycles. The van der Waals surface area contributed by atoms with Crippen molar-refractivity contribution in [2.75, 3.05) is 77.9 Å². The number of aromatic nitrogens is 1. The van der Waals surface area contributed by atoms with Gasteiger partial charge in [0.05, 0.1) is 78.2 Å². The fraction of sp³-hybridized carbons (Fsp3) is 0.877. The van der Waals surface area contributed by atoms with E-state index in [1.54, 1.807) is 12.1 Å². The molecule has 0 spiro atoms. The smallest absolute Gasteiger partial charge is 0.217 e. The monoisotopic (exact) mass is 2070 g/mol. The minimum atomic E-state index is -2.77. The number of hydrogen-bond acceptors (Lipinski definition) is 56. The molecule has 10 fully saturated rings. The minimum absolute atomic E-state index is 0.167. The first kappa shape index (κ1) is 117. The minimum Gasteiger partial charge on any atom is -0.394 e.